The van der Waals surface area contributed by atoms with E-state index < -0.39 is 5.91 Å². The summed E-state index contributed by atoms with van der Waals surface area (Å²) in [5, 5.41) is 0. The molecule has 0 bridgehead atoms. The first-order chi connectivity index (χ1) is 6.68. The summed E-state index contributed by atoms with van der Waals surface area (Å²) < 4.78 is 0. The van der Waals surface area contributed by atoms with Crippen molar-refractivity contribution in [1.29, 1.82) is 0 Å². The molecule has 14 heavy (non-hydrogen) atoms. The minimum atomic E-state index is -0.656. The molecule has 0 aliphatic heterocycles. The zero-order valence-corrected chi connectivity index (χ0v) is 7.01. The van der Waals surface area contributed by atoms with E-state index in [2.05, 4.69) is 19.9 Å². The summed E-state index contributed by atoms with van der Waals surface area (Å²) in [5.41, 5.74) is 11.2. The van der Waals surface area contributed by atoms with Crippen LogP contribution in [0.25, 0.3) is 11.2 Å². The lowest BCUT2D eigenvalue weighted by molar-refractivity contribution is 0.0995. The van der Waals surface area contributed by atoms with Gasteiger partial charge in [-0.2, -0.15) is 0 Å². The molecule has 0 radical (unpaired) electrons. The van der Waals surface area contributed by atoms with E-state index in [-0.39, 0.29) is 17.2 Å². The lowest BCUT2D eigenvalue weighted by atomic mass is 10.4. The highest BCUT2D eigenvalue weighted by atomic mass is 16.1. The third kappa shape index (κ3) is 1.20. The van der Waals surface area contributed by atoms with Gasteiger partial charge in [0, 0.05) is 0 Å². The second-order valence-electron chi connectivity index (χ2n) is 2.55. The molecule has 7 nitrogen and oxygen atoms in total. The van der Waals surface area contributed by atoms with Crippen molar-refractivity contribution in [3.05, 3.63) is 18.2 Å². The van der Waals surface area contributed by atoms with E-state index in [1.807, 2.05) is 0 Å². The van der Waals surface area contributed by atoms with Gasteiger partial charge in [0.15, 0.2) is 11.5 Å². The van der Waals surface area contributed by atoms with E-state index in [0.29, 0.717) is 5.52 Å². The summed E-state index contributed by atoms with van der Waals surface area (Å²) in [6.45, 7) is 0. The van der Waals surface area contributed by atoms with Gasteiger partial charge < -0.3 is 11.5 Å². The van der Waals surface area contributed by atoms with Crippen molar-refractivity contribution in [3.63, 3.8) is 0 Å². The molecule has 0 aliphatic carbocycles. The van der Waals surface area contributed by atoms with Crippen molar-refractivity contribution in [2.24, 2.45) is 5.73 Å². The first-order valence-corrected chi connectivity index (χ1v) is 3.71. The number of hydrogen-bond acceptors (Lipinski definition) is 6. The lowest BCUT2D eigenvalue weighted by Crippen LogP contribution is -2.14. The molecule has 0 fully saturated rings. The molecular weight excluding hydrogens is 184 g/mol. The molecule has 0 saturated heterocycles. The van der Waals surface area contributed by atoms with E-state index in [0.717, 1.165) is 0 Å². The SMILES string of the molecule is NC(=O)c1cnc2c(N)ncnc2n1. The smallest absolute Gasteiger partial charge is 0.268 e. The van der Waals surface area contributed by atoms with Gasteiger partial charge >= 0.3 is 0 Å². The predicted molar refractivity (Wildman–Crippen MR) is 48.1 cm³/mol. The maximum atomic E-state index is 10.8. The number of rotatable bonds is 1. The number of nitrogens with two attached hydrogens (primary N) is 2. The largest absolute Gasteiger partial charge is 0.382 e. The molecule has 0 aromatic carbocycles. The average molecular weight is 190 g/mol. The van der Waals surface area contributed by atoms with E-state index in [1.165, 1.54) is 12.5 Å². The molecular formula is C7H6N6O. The van der Waals surface area contributed by atoms with Gasteiger partial charge in [-0.25, -0.2) is 19.9 Å². The predicted octanol–water partition coefficient (Wildman–Crippen LogP) is -0.899. The van der Waals surface area contributed by atoms with E-state index in [9.17, 15) is 4.79 Å². The Morgan fingerprint density at radius 1 is 1.29 bits per heavy atom. The van der Waals surface area contributed by atoms with Crippen LogP contribution in [0, 0.1) is 0 Å². The normalized spacial score (nSPS) is 10.3. The van der Waals surface area contributed by atoms with Gasteiger partial charge in [0.05, 0.1) is 6.20 Å². The van der Waals surface area contributed by atoms with Gasteiger partial charge in [0.25, 0.3) is 5.91 Å². The molecule has 2 aromatic rings. The van der Waals surface area contributed by atoms with Gasteiger partial charge in [-0.3, -0.25) is 4.79 Å². The first-order valence-electron chi connectivity index (χ1n) is 3.71. The van der Waals surface area contributed by atoms with Crippen molar-refractivity contribution in [1.82, 2.24) is 19.9 Å². The highest BCUT2D eigenvalue weighted by Gasteiger charge is 2.07. The number of carbonyl (C=O) groups is 1. The van der Waals surface area contributed by atoms with Crippen LogP contribution in [0.3, 0.4) is 0 Å². The third-order valence-electron chi connectivity index (χ3n) is 1.63. The number of amides is 1. The van der Waals surface area contributed by atoms with Crippen molar-refractivity contribution in [2.75, 3.05) is 5.73 Å². The maximum absolute atomic E-state index is 10.8. The fourth-order valence-electron chi connectivity index (χ4n) is 0.976. The van der Waals surface area contributed by atoms with E-state index in [4.69, 9.17) is 11.5 Å². The second kappa shape index (κ2) is 2.87. The minimum absolute atomic E-state index is 0.0515. The zero-order chi connectivity index (χ0) is 10.1. The number of hydrogen-bond donors (Lipinski definition) is 2. The van der Waals surface area contributed by atoms with Crippen molar-refractivity contribution < 1.29 is 4.79 Å². The monoisotopic (exact) mass is 190 g/mol. The van der Waals surface area contributed by atoms with Crippen molar-refractivity contribution >= 4 is 22.9 Å². The molecule has 0 saturated carbocycles. The first kappa shape index (κ1) is 8.30. The maximum Gasteiger partial charge on any atom is 0.268 e. The van der Waals surface area contributed by atoms with Crippen LogP contribution >= 0.6 is 0 Å². The average Bonchev–Trinajstić information content (AvgIpc) is 2.17. The van der Waals surface area contributed by atoms with Crippen LogP contribution in [0.1, 0.15) is 10.5 Å². The van der Waals surface area contributed by atoms with Crippen molar-refractivity contribution in [2.45, 2.75) is 0 Å². The van der Waals surface area contributed by atoms with Gasteiger partial charge in [0.1, 0.15) is 17.5 Å². The number of carbonyl (C=O) groups excluding carboxylic acids is 1. The fraction of sp³-hybridized carbons (Fsp3) is 0. The van der Waals surface area contributed by atoms with Gasteiger partial charge in [-0.15, -0.1) is 0 Å². The topological polar surface area (TPSA) is 121 Å². The molecule has 0 spiro atoms. The Morgan fingerprint density at radius 2 is 2.07 bits per heavy atom. The van der Waals surface area contributed by atoms with Gasteiger partial charge in [-0.1, -0.05) is 0 Å². The molecule has 0 unspecified atom stereocenters. The molecule has 1 amide bonds. The Hall–Kier alpha value is -2.31. The van der Waals surface area contributed by atoms with Crippen LogP contribution in [0.4, 0.5) is 5.82 Å². The Kier molecular flexibility index (Phi) is 1.70. The number of anilines is 1. The molecule has 0 aliphatic rings. The zero-order valence-electron chi connectivity index (χ0n) is 7.01. The molecule has 2 aromatic heterocycles. The Balaban J connectivity index is 2.73. The Bertz CT molecular complexity index is 511. The quantitative estimate of drug-likeness (QED) is 0.601. The third-order valence-corrected chi connectivity index (χ3v) is 1.63. The summed E-state index contributed by atoms with van der Waals surface area (Å²) in [6, 6.07) is 0. The summed E-state index contributed by atoms with van der Waals surface area (Å²) in [7, 11) is 0. The summed E-state index contributed by atoms with van der Waals surface area (Å²) in [5.74, 6) is -0.435. The Labute approximate surface area is 78.2 Å². The standard InChI is InChI=1S/C7H6N6O/c8-5-4-7(12-2-11-5)13-3(1-10-4)6(9)14/h1-2H,(H2,9,14)(H2,8,11,12,13). The van der Waals surface area contributed by atoms with Gasteiger partial charge in [-0.05, 0) is 0 Å². The molecule has 4 N–H and O–H groups in total. The van der Waals surface area contributed by atoms with Crippen LogP contribution in [-0.2, 0) is 0 Å². The highest BCUT2D eigenvalue weighted by Crippen LogP contribution is 2.10. The van der Waals surface area contributed by atoms with Crippen LogP contribution < -0.4 is 11.5 Å². The van der Waals surface area contributed by atoms with Crippen LogP contribution in [0.15, 0.2) is 12.5 Å². The summed E-state index contributed by atoms with van der Waals surface area (Å²) >= 11 is 0. The molecule has 7 heteroatoms. The number of nitrogens with zero attached hydrogens (tertiary/aromatic N) is 4. The molecule has 2 rings (SSSR count). The Morgan fingerprint density at radius 3 is 2.79 bits per heavy atom. The van der Waals surface area contributed by atoms with Crippen LogP contribution in [0.2, 0.25) is 0 Å². The fourth-order valence-corrected chi connectivity index (χ4v) is 0.976. The van der Waals surface area contributed by atoms with Crippen LogP contribution in [0.5, 0.6) is 0 Å². The molecule has 2 heterocycles. The molecule has 0 atom stereocenters. The van der Waals surface area contributed by atoms with Crippen LogP contribution in [-0.4, -0.2) is 25.8 Å². The van der Waals surface area contributed by atoms with Crippen molar-refractivity contribution in [3.8, 4) is 0 Å². The number of nitrogen functional groups attached to an aromatic ring is 1. The lowest BCUT2D eigenvalue weighted by Gasteiger charge is -1.98. The second-order valence-corrected chi connectivity index (χ2v) is 2.55. The van der Waals surface area contributed by atoms with E-state index in [1.54, 1.807) is 0 Å². The number of primary amides is 1. The van der Waals surface area contributed by atoms with E-state index >= 15 is 0 Å². The summed E-state index contributed by atoms with van der Waals surface area (Å²) in [6.07, 6.45) is 2.49. The number of fused-ring (bicyclic) bond motifs is 1. The number of aromatic nitrogens is 4. The minimum Gasteiger partial charge on any atom is -0.382 e. The molecule has 70 valence electrons. The summed E-state index contributed by atoms with van der Waals surface area (Å²) in [4.78, 5) is 26.1. The highest BCUT2D eigenvalue weighted by molar-refractivity contribution is 5.92. The van der Waals surface area contributed by atoms with Gasteiger partial charge in [0.2, 0.25) is 0 Å².